The first-order valence-corrected chi connectivity index (χ1v) is 6.60. The third-order valence-corrected chi connectivity index (χ3v) is 3.33. The molecule has 0 amide bonds. The van der Waals surface area contributed by atoms with Crippen molar-refractivity contribution in [3.63, 3.8) is 0 Å². The monoisotopic (exact) mass is 277 g/mol. The standard InChI is InChI=1S/C14H16FN3O2/c1-10-16-14(17-20-10)13-9-18(6-7-19-13)8-11-4-2-3-5-12(11)15/h2-5,13H,6-9H2,1H3/t13-/m1/s1. The minimum atomic E-state index is -0.215. The van der Waals surface area contributed by atoms with Gasteiger partial charge in [-0.2, -0.15) is 4.98 Å². The van der Waals surface area contributed by atoms with Gasteiger partial charge < -0.3 is 9.26 Å². The molecule has 20 heavy (non-hydrogen) atoms. The second-order valence-corrected chi connectivity index (χ2v) is 4.86. The van der Waals surface area contributed by atoms with E-state index in [4.69, 9.17) is 9.26 Å². The normalized spacial score (nSPS) is 20.2. The molecule has 6 heteroatoms. The fourth-order valence-corrected chi connectivity index (χ4v) is 2.32. The van der Waals surface area contributed by atoms with E-state index in [0.29, 0.717) is 37.0 Å². The van der Waals surface area contributed by atoms with Crippen LogP contribution in [-0.4, -0.2) is 34.7 Å². The molecule has 0 saturated carbocycles. The molecule has 5 nitrogen and oxygen atoms in total. The highest BCUT2D eigenvalue weighted by atomic mass is 19.1. The molecule has 2 aromatic rings. The van der Waals surface area contributed by atoms with Crippen LogP contribution in [0.4, 0.5) is 4.39 Å². The van der Waals surface area contributed by atoms with Crippen molar-refractivity contribution < 1.29 is 13.7 Å². The fourth-order valence-electron chi connectivity index (χ4n) is 2.32. The Labute approximate surface area is 116 Å². The maximum absolute atomic E-state index is 13.7. The Morgan fingerprint density at radius 3 is 3.00 bits per heavy atom. The quantitative estimate of drug-likeness (QED) is 0.860. The maximum Gasteiger partial charge on any atom is 0.223 e. The van der Waals surface area contributed by atoms with Crippen LogP contribution >= 0.6 is 0 Å². The predicted octanol–water partition coefficient (Wildman–Crippen LogP) is 2.09. The summed E-state index contributed by atoms with van der Waals surface area (Å²) in [6, 6.07) is 6.83. The number of hydrogen-bond acceptors (Lipinski definition) is 5. The zero-order valence-corrected chi connectivity index (χ0v) is 11.3. The van der Waals surface area contributed by atoms with Gasteiger partial charge in [-0.15, -0.1) is 0 Å². The SMILES string of the molecule is Cc1nc([C@H]2CN(Cc3ccccc3F)CCO2)no1. The molecule has 106 valence electrons. The summed E-state index contributed by atoms with van der Waals surface area (Å²) in [5.41, 5.74) is 0.692. The average Bonchev–Trinajstić information content (AvgIpc) is 2.89. The molecule has 1 saturated heterocycles. The van der Waals surface area contributed by atoms with Gasteiger partial charge in [0.25, 0.3) is 0 Å². The van der Waals surface area contributed by atoms with Crippen LogP contribution in [0, 0.1) is 12.7 Å². The zero-order valence-electron chi connectivity index (χ0n) is 11.3. The van der Waals surface area contributed by atoms with E-state index in [9.17, 15) is 4.39 Å². The van der Waals surface area contributed by atoms with Gasteiger partial charge in [-0.3, -0.25) is 4.90 Å². The highest BCUT2D eigenvalue weighted by Crippen LogP contribution is 2.21. The van der Waals surface area contributed by atoms with Gasteiger partial charge in [-0.05, 0) is 6.07 Å². The van der Waals surface area contributed by atoms with Crippen LogP contribution in [0.3, 0.4) is 0 Å². The number of benzene rings is 1. The molecule has 0 aliphatic carbocycles. The number of halogens is 1. The van der Waals surface area contributed by atoms with Gasteiger partial charge in [0.2, 0.25) is 11.7 Å². The molecular weight excluding hydrogens is 261 g/mol. The van der Waals surface area contributed by atoms with Crippen LogP contribution in [-0.2, 0) is 11.3 Å². The lowest BCUT2D eigenvalue weighted by atomic mass is 10.1. The lowest BCUT2D eigenvalue weighted by Crippen LogP contribution is -2.38. The summed E-state index contributed by atoms with van der Waals surface area (Å²) in [5.74, 6) is 0.904. The molecule has 1 atom stereocenters. The molecular formula is C14H16FN3O2. The van der Waals surface area contributed by atoms with Crippen LogP contribution in [0.1, 0.15) is 23.4 Å². The first-order valence-electron chi connectivity index (χ1n) is 6.60. The Morgan fingerprint density at radius 2 is 2.25 bits per heavy atom. The van der Waals surface area contributed by atoms with Crippen molar-refractivity contribution in [2.45, 2.75) is 19.6 Å². The first kappa shape index (κ1) is 13.2. The number of morpholine rings is 1. The third-order valence-electron chi connectivity index (χ3n) is 3.33. The van der Waals surface area contributed by atoms with E-state index in [1.54, 1.807) is 19.1 Å². The van der Waals surface area contributed by atoms with Crippen LogP contribution in [0.15, 0.2) is 28.8 Å². The minimum Gasteiger partial charge on any atom is -0.367 e. The summed E-state index contributed by atoms with van der Waals surface area (Å²) in [5, 5.41) is 3.89. The summed E-state index contributed by atoms with van der Waals surface area (Å²) in [7, 11) is 0. The number of hydrogen-bond donors (Lipinski definition) is 0. The molecule has 0 spiro atoms. The van der Waals surface area contributed by atoms with Gasteiger partial charge in [-0.1, -0.05) is 23.4 Å². The third kappa shape index (κ3) is 2.86. The van der Waals surface area contributed by atoms with Crippen LogP contribution in [0.2, 0.25) is 0 Å². The largest absolute Gasteiger partial charge is 0.367 e. The Bertz CT molecular complexity index is 587. The molecule has 0 N–H and O–H groups in total. The summed E-state index contributed by atoms with van der Waals surface area (Å²) < 4.78 is 24.3. The van der Waals surface area contributed by atoms with Crippen LogP contribution in [0.25, 0.3) is 0 Å². The molecule has 0 bridgehead atoms. The number of nitrogens with zero attached hydrogens (tertiary/aromatic N) is 3. The highest BCUT2D eigenvalue weighted by Gasteiger charge is 2.26. The topological polar surface area (TPSA) is 51.4 Å². The number of aryl methyl sites for hydroxylation is 1. The predicted molar refractivity (Wildman–Crippen MR) is 69.4 cm³/mol. The molecule has 1 aliphatic heterocycles. The van der Waals surface area contributed by atoms with Gasteiger partial charge in [0.15, 0.2) is 0 Å². The van der Waals surface area contributed by atoms with E-state index in [2.05, 4.69) is 15.0 Å². The molecule has 1 aromatic carbocycles. The van der Waals surface area contributed by atoms with Gasteiger partial charge in [0.05, 0.1) is 6.61 Å². The summed E-state index contributed by atoms with van der Waals surface area (Å²) >= 11 is 0. The van der Waals surface area contributed by atoms with Gasteiger partial charge in [-0.25, -0.2) is 4.39 Å². The van der Waals surface area contributed by atoms with E-state index in [1.807, 2.05) is 6.07 Å². The Hall–Kier alpha value is -1.79. The summed E-state index contributed by atoms with van der Waals surface area (Å²) in [6.07, 6.45) is -0.215. The molecule has 1 aromatic heterocycles. The van der Waals surface area contributed by atoms with Crippen molar-refractivity contribution in [1.82, 2.24) is 15.0 Å². The Kier molecular flexibility index (Phi) is 3.75. The number of aromatic nitrogens is 2. The smallest absolute Gasteiger partial charge is 0.223 e. The first-order chi connectivity index (χ1) is 9.72. The second kappa shape index (κ2) is 5.68. The van der Waals surface area contributed by atoms with Crippen molar-refractivity contribution in [3.05, 3.63) is 47.4 Å². The van der Waals surface area contributed by atoms with E-state index < -0.39 is 0 Å². The van der Waals surface area contributed by atoms with Crippen molar-refractivity contribution >= 4 is 0 Å². The van der Waals surface area contributed by atoms with Gasteiger partial charge >= 0.3 is 0 Å². The van der Waals surface area contributed by atoms with Gasteiger partial charge in [0.1, 0.15) is 11.9 Å². The summed E-state index contributed by atoms with van der Waals surface area (Å²) in [6.45, 7) is 4.28. The second-order valence-electron chi connectivity index (χ2n) is 4.86. The molecule has 1 fully saturated rings. The van der Waals surface area contributed by atoms with Crippen LogP contribution in [0.5, 0.6) is 0 Å². The van der Waals surface area contributed by atoms with Gasteiger partial charge in [0, 0.05) is 32.1 Å². The van der Waals surface area contributed by atoms with E-state index >= 15 is 0 Å². The van der Waals surface area contributed by atoms with E-state index in [0.717, 1.165) is 6.54 Å². The molecule has 0 radical (unpaired) electrons. The number of rotatable bonds is 3. The Morgan fingerprint density at radius 1 is 1.40 bits per heavy atom. The molecule has 1 aliphatic rings. The van der Waals surface area contributed by atoms with Crippen molar-refractivity contribution in [3.8, 4) is 0 Å². The minimum absolute atomic E-state index is 0.175. The maximum atomic E-state index is 13.7. The average molecular weight is 277 g/mol. The lowest BCUT2D eigenvalue weighted by Gasteiger charge is -2.31. The van der Waals surface area contributed by atoms with E-state index in [1.165, 1.54) is 6.07 Å². The van der Waals surface area contributed by atoms with Crippen molar-refractivity contribution in [1.29, 1.82) is 0 Å². The lowest BCUT2D eigenvalue weighted by molar-refractivity contribution is -0.0383. The fraction of sp³-hybridized carbons (Fsp3) is 0.429. The summed E-state index contributed by atoms with van der Waals surface area (Å²) in [4.78, 5) is 6.33. The zero-order chi connectivity index (χ0) is 13.9. The molecule has 2 heterocycles. The highest BCUT2D eigenvalue weighted by molar-refractivity contribution is 5.17. The van der Waals surface area contributed by atoms with Crippen molar-refractivity contribution in [2.75, 3.05) is 19.7 Å². The number of ether oxygens (including phenoxy) is 1. The van der Waals surface area contributed by atoms with Crippen LogP contribution < -0.4 is 0 Å². The molecule has 3 rings (SSSR count). The molecule has 0 unspecified atom stereocenters. The van der Waals surface area contributed by atoms with E-state index in [-0.39, 0.29) is 11.9 Å². The van der Waals surface area contributed by atoms with Crippen molar-refractivity contribution in [2.24, 2.45) is 0 Å². The Balaban J connectivity index is 1.68.